The number of rotatable bonds is 2. The summed E-state index contributed by atoms with van der Waals surface area (Å²) in [6.45, 7) is 0. The summed E-state index contributed by atoms with van der Waals surface area (Å²) in [7, 11) is -7.74. The minimum Gasteiger partial charge on any atom is -0.218 e. The summed E-state index contributed by atoms with van der Waals surface area (Å²) in [5, 5.41) is 0.878. The van der Waals surface area contributed by atoms with E-state index in [2.05, 4.69) is 0 Å². The zero-order valence-electron chi connectivity index (χ0n) is 8.07. The van der Waals surface area contributed by atoms with Crippen molar-refractivity contribution < 1.29 is 16.8 Å². The highest BCUT2D eigenvalue weighted by molar-refractivity contribution is 8.15. The van der Waals surface area contributed by atoms with Gasteiger partial charge in [-0.25, -0.2) is 16.8 Å². The summed E-state index contributed by atoms with van der Waals surface area (Å²) in [5.74, 6) is 0. The van der Waals surface area contributed by atoms with Gasteiger partial charge in [0.05, 0.1) is 4.90 Å². The molecule has 4 nitrogen and oxygen atoms in total. The third-order valence-corrected chi connectivity index (χ3v) is 6.21. The van der Waals surface area contributed by atoms with Crippen LogP contribution in [0.5, 0.6) is 0 Å². The van der Waals surface area contributed by atoms with E-state index >= 15 is 0 Å². The van der Waals surface area contributed by atoms with Gasteiger partial charge in [0, 0.05) is 5.41 Å². The van der Waals surface area contributed by atoms with Crippen molar-refractivity contribution in [2.24, 2.45) is 0 Å². The lowest BCUT2D eigenvalue weighted by atomic mass is 10.4. The second kappa shape index (κ2) is 3.57. The monoisotopic (exact) mass is 256 g/mol. The second-order valence-corrected chi connectivity index (χ2v) is 7.15. The number of sulfone groups is 2. The van der Waals surface area contributed by atoms with Crippen molar-refractivity contribution in [1.29, 1.82) is 0 Å². The van der Waals surface area contributed by atoms with Crippen molar-refractivity contribution >= 4 is 19.7 Å². The summed E-state index contributed by atoms with van der Waals surface area (Å²) in [6, 6.07) is 7.48. The molecule has 2 rings (SSSR count). The van der Waals surface area contributed by atoms with E-state index in [9.17, 15) is 16.8 Å². The van der Waals surface area contributed by atoms with Crippen LogP contribution in [0.3, 0.4) is 0 Å². The third kappa shape index (κ3) is 1.70. The highest BCUT2D eigenvalue weighted by Crippen LogP contribution is 2.27. The van der Waals surface area contributed by atoms with Crippen LogP contribution in [-0.2, 0) is 19.7 Å². The van der Waals surface area contributed by atoms with E-state index in [4.69, 9.17) is 0 Å². The maximum Gasteiger partial charge on any atom is 0.217 e. The van der Waals surface area contributed by atoms with Gasteiger partial charge in [0.15, 0.2) is 4.24 Å². The van der Waals surface area contributed by atoms with Crippen LogP contribution in [0.1, 0.15) is 0 Å². The predicted molar refractivity (Wildman–Crippen MR) is 59.8 cm³/mol. The smallest absolute Gasteiger partial charge is 0.217 e. The molecular formula is C10H8O4S2. The minimum absolute atomic E-state index is 0.0199. The lowest BCUT2D eigenvalue weighted by molar-refractivity contribution is 0.599. The summed E-state index contributed by atoms with van der Waals surface area (Å²) in [5.41, 5.74) is 0. The Kier molecular flexibility index (Phi) is 2.47. The zero-order valence-corrected chi connectivity index (χ0v) is 9.70. The van der Waals surface area contributed by atoms with Crippen LogP contribution in [0.4, 0.5) is 0 Å². The largest absolute Gasteiger partial charge is 0.218 e. The molecule has 0 unspecified atom stereocenters. The van der Waals surface area contributed by atoms with Gasteiger partial charge < -0.3 is 0 Å². The molecule has 84 valence electrons. The fourth-order valence-corrected chi connectivity index (χ4v) is 4.71. The summed E-state index contributed by atoms with van der Waals surface area (Å²) >= 11 is 0. The first-order chi connectivity index (χ1) is 7.44. The van der Waals surface area contributed by atoms with Crippen LogP contribution in [0.2, 0.25) is 0 Å². The molecular weight excluding hydrogens is 248 g/mol. The number of allylic oxidation sites excluding steroid dienone is 2. The summed E-state index contributed by atoms with van der Waals surface area (Å²) < 4.78 is 46.3. The van der Waals surface area contributed by atoms with Gasteiger partial charge >= 0.3 is 0 Å². The van der Waals surface area contributed by atoms with Gasteiger partial charge in [-0.05, 0) is 24.3 Å². The molecule has 1 heterocycles. The van der Waals surface area contributed by atoms with Gasteiger partial charge in [0.2, 0.25) is 19.7 Å². The Morgan fingerprint density at radius 3 is 2.12 bits per heavy atom. The Morgan fingerprint density at radius 2 is 1.62 bits per heavy atom. The van der Waals surface area contributed by atoms with Crippen LogP contribution >= 0.6 is 0 Å². The molecule has 0 N–H and O–H groups in total. The lowest BCUT2D eigenvalue weighted by Gasteiger charge is -2.04. The Bertz CT molecular complexity index is 665. The van der Waals surface area contributed by atoms with Crippen LogP contribution in [0.15, 0.2) is 57.0 Å². The Labute approximate surface area is 93.8 Å². The van der Waals surface area contributed by atoms with Crippen molar-refractivity contribution in [3.63, 3.8) is 0 Å². The first-order valence-corrected chi connectivity index (χ1v) is 7.41. The molecule has 1 aliphatic heterocycles. The second-order valence-electron chi connectivity index (χ2n) is 3.18. The quantitative estimate of drug-likeness (QED) is 0.798. The molecule has 16 heavy (non-hydrogen) atoms. The van der Waals surface area contributed by atoms with Gasteiger partial charge in [0.25, 0.3) is 0 Å². The average Bonchev–Trinajstić information content (AvgIpc) is 2.60. The third-order valence-electron chi connectivity index (χ3n) is 2.09. The molecule has 1 aromatic carbocycles. The number of benzene rings is 1. The van der Waals surface area contributed by atoms with E-state index in [1.165, 1.54) is 18.2 Å². The molecule has 0 bridgehead atoms. The van der Waals surface area contributed by atoms with Crippen molar-refractivity contribution in [3.05, 3.63) is 52.1 Å². The molecule has 0 saturated carbocycles. The van der Waals surface area contributed by atoms with Gasteiger partial charge in [-0.15, -0.1) is 0 Å². The van der Waals surface area contributed by atoms with E-state index < -0.39 is 23.9 Å². The van der Waals surface area contributed by atoms with Crippen molar-refractivity contribution in [2.45, 2.75) is 4.90 Å². The zero-order chi connectivity index (χ0) is 11.8. The average molecular weight is 256 g/mol. The first kappa shape index (κ1) is 11.1. The normalized spacial score (nSPS) is 18.4. The topological polar surface area (TPSA) is 68.3 Å². The van der Waals surface area contributed by atoms with Crippen LogP contribution in [-0.4, -0.2) is 16.8 Å². The molecule has 1 aliphatic rings. The van der Waals surface area contributed by atoms with Gasteiger partial charge in [-0.1, -0.05) is 18.2 Å². The minimum atomic E-state index is -3.94. The van der Waals surface area contributed by atoms with Crippen molar-refractivity contribution in [1.82, 2.24) is 0 Å². The molecule has 6 heteroatoms. The van der Waals surface area contributed by atoms with Crippen molar-refractivity contribution in [2.75, 3.05) is 0 Å². The van der Waals surface area contributed by atoms with Crippen LogP contribution < -0.4 is 0 Å². The summed E-state index contributed by atoms with van der Waals surface area (Å²) in [4.78, 5) is -0.0199. The SMILES string of the molecule is O=S1(=O)C=CC=C1S(=O)(=O)c1ccccc1. The van der Waals surface area contributed by atoms with E-state index in [1.54, 1.807) is 18.2 Å². The summed E-state index contributed by atoms with van der Waals surface area (Å²) in [6.07, 6.45) is 2.31. The molecule has 0 amide bonds. The van der Waals surface area contributed by atoms with E-state index in [0.29, 0.717) is 0 Å². The maximum absolute atomic E-state index is 12.0. The maximum atomic E-state index is 12.0. The van der Waals surface area contributed by atoms with E-state index in [1.807, 2.05) is 0 Å². The molecule has 0 radical (unpaired) electrons. The highest BCUT2D eigenvalue weighted by Gasteiger charge is 2.32. The Morgan fingerprint density at radius 1 is 1.00 bits per heavy atom. The van der Waals surface area contributed by atoms with Gasteiger partial charge in [-0.3, -0.25) is 0 Å². The fourth-order valence-electron chi connectivity index (χ4n) is 1.34. The molecule has 0 fully saturated rings. The predicted octanol–water partition coefficient (Wildman–Crippen LogP) is 1.24. The molecule has 0 aliphatic carbocycles. The van der Waals surface area contributed by atoms with E-state index in [-0.39, 0.29) is 4.90 Å². The number of hydrogen-bond donors (Lipinski definition) is 0. The fraction of sp³-hybridized carbons (Fsp3) is 0. The van der Waals surface area contributed by atoms with Gasteiger partial charge in [0.1, 0.15) is 0 Å². The lowest BCUT2D eigenvalue weighted by Crippen LogP contribution is -2.10. The van der Waals surface area contributed by atoms with Crippen LogP contribution in [0.25, 0.3) is 0 Å². The van der Waals surface area contributed by atoms with Crippen molar-refractivity contribution in [3.8, 4) is 0 Å². The molecule has 0 spiro atoms. The standard InChI is InChI=1S/C10H8O4S2/c11-15(12)8-4-7-10(15)16(13,14)9-5-2-1-3-6-9/h1-8H. The van der Waals surface area contributed by atoms with E-state index in [0.717, 1.165) is 11.5 Å². The molecule has 0 aromatic heterocycles. The number of hydrogen-bond acceptors (Lipinski definition) is 4. The molecule has 0 saturated heterocycles. The van der Waals surface area contributed by atoms with Gasteiger partial charge in [-0.2, -0.15) is 0 Å². The Balaban J connectivity index is 2.60. The molecule has 0 atom stereocenters. The Hall–Kier alpha value is -1.40. The molecule has 1 aromatic rings. The first-order valence-electron chi connectivity index (χ1n) is 4.38. The highest BCUT2D eigenvalue weighted by atomic mass is 32.3. The van der Waals surface area contributed by atoms with Crippen LogP contribution in [0, 0.1) is 0 Å².